The van der Waals surface area contributed by atoms with E-state index in [1.54, 1.807) is 0 Å². The number of aryl methyl sites for hydroxylation is 1. The Hall–Kier alpha value is -1.21. The average Bonchev–Trinajstić information content (AvgIpc) is 2.92. The van der Waals surface area contributed by atoms with Crippen molar-refractivity contribution in [3.8, 4) is 0 Å². The highest BCUT2D eigenvalue weighted by atomic mass is 32.1. The summed E-state index contributed by atoms with van der Waals surface area (Å²) in [6.45, 7) is 3.55. The van der Waals surface area contributed by atoms with E-state index in [1.807, 2.05) is 6.92 Å². The summed E-state index contributed by atoms with van der Waals surface area (Å²) in [5.74, 6) is 0. The molecule has 1 aromatic rings. The topological polar surface area (TPSA) is 76.1 Å². The molecule has 0 aliphatic carbocycles. The van der Waals surface area contributed by atoms with Gasteiger partial charge in [-0.05, 0) is 38.5 Å². The third-order valence-electron chi connectivity index (χ3n) is 3.25. The SMILES string of the molecule is CCc1nnc(NC(=O)NCCC[C@@H]2CCCCO2)s1. The molecule has 2 rings (SSSR count). The Morgan fingerprint density at radius 1 is 1.45 bits per heavy atom. The van der Waals surface area contributed by atoms with E-state index in [0.717, 1.165) is 37.3 Å². The zero-order valence-electron chi connectivity index (χ0n) is 11.9. The van der Waals surface area contributed by atoms with E-state index in [4.69, 9.17) is 4.74 Å². The minimum atomic E-state index is -0.214. The number of urea groups is 1. The molecule has 0 saturated carbocycles. The highest BCUT2D eigenvalue weighted by Gasteiger charge is 2.13. The molecular formula is C13H22N4O2S. The second-order valence-electron chi connectivity index (χ2n) is 4.87. The fraction of sp³-hybridized carbons (Fsp3) is 0.769. The lowest BCUT2D eigenvalue weighted by molar-refractivity contribution is 0.0103. The van der Waals surface area contributed by atoms with Crippen molar-refractivity contribution in [3.63, 3.8) is 0 Å². The van der Waals surface area contributed by atoms with Crippen LogP contribution in [0.4, 0.5) is 9.93 Å². The molecule has 112 valence electrons. The van der Waals surface area contributed by atoms with Gasteiger partial charge in [-0.1, -0.05) is 18.3 Å². The van der Waals surface area contributed by atoms with E-state index < -0.39 is 0 Å². The third kappa shape index (κ3) is 5.05. The largest absolute Gasteiger partial charge is 0.378 e. The van der Waals surface area contributed by atoms with Crippen LogP contribution < -0.4 is 10.6 Å². The first kappa shape index (κ1) is 15.2. The molecule has 0 aromatic carbocycles. The molecule has 1 atom stereocenters. The van der Waals surface area contributed by atoms with Crippen LogP contribution in [0.15, 0.2) is 0 Å². The van der Waals surface area contributed by atoms with Crippen molar-refractivity contribution in [2.24, 2.45) is 0 Å². The molecule has 6 nitrogen and oxygen atoms in total. The van der Waals surface area contributed by atoms with E-state index in [2.05, 4.69) is 20.8 Å². The summed E-state index contributed by atoms with van der Waals surface area (Å²) in [5.41, 5.74) is 0. The summed E-state index contributed by atoms with van der Waals surface area (Å²) in [4.78, 5) is 11.6. The molecule has 1 saturated heterocycles. The van der Waals surface area contributed by atoms with Gasteiger partial charge in [0, 0.05) is 13.2 Å². The molecule has 0 bridgehead atoms. The van der Waals surface area contributed by atoms with Crippen molar-refractivity contribution >= 4 is 22.5 Å². The van der Waals surface area contributed by atoms with Crippen LogP contribution in [0, 0.1) is 0 Å². The molecule has 1 fully saturated rings. The van der Waals surface area contributed by atoms with Crippen molar-refractivity contribution < 1.29 is 9.53 Å². The number of carbonyl (C=O) groups is 1. The van der Waals surface area contributed by atoms with Crippen molar-refractivity contribution in [2.45, 2.75) is 51.6 Å². The van der Waals surface area contributed by atoms with E-state index in [-0.39, 0.29) is 6.03 Å². The maximum Gasteiger partial charge on any atom is 0.321 e. The van der Waals surface area contributed by atoms with E-state index in [1.165, 1.54) is 24.2 Å². The van der Waals surface area contributed by atoms with E-state index >= 15 is 0 Å². The third-order valence-corrected chi connectivity index (χ3v) is 4.24. The van der Waals surface area contributed by atoms with Gasteiger partial charge in [-0.2, -0.15) is 0 Å². The Bertz CT molecular complexity index is 418. The van der Waals surface area contributed by atoms with Crippen LogP contribution in [-0.4, -0.2) is 35.5 Å². The standard InChI is InChI=1S/C13H22N4O2S/c1-2-11-16-17-13(20-11)15-12(18)14-8-5-7-10-6-3-4-9-19-10/h10H,2-9H2,1H3,(H2,14,15,17,18)/t10-/m0/s1. The maximum atomic E-state index is 11.6. The lowest BCUT2D eigenvalue weighted by Gasteiger charge is -2.22. The Kier molecular flexibility index (Phi) is 6.20. The lowest BCUT2D eigenvalue weighted by atomic mass is 10.0. The van der Waals surface area contributed by atoms with Crippen LogP contribution in [0.5, 0.6) is 0 Å². The van der Waals surface area contributed by atoms with Gasteiger partial charge >= 0.3 is 6.03 Å². The first-order valence-corrected chi connectivity index (χ1v) is 8.08. The highest BCUT2D eigenvalue weighted by Crippen LogP contribution is 2.17. The van der Waals surface area contributed by atoms with Crippen molar-refractivity contribution in [3.05, 3.63) is 5.01 Å². The number of nitrogens with one attached hydrogen (secondary N) is 2. The smallest absolute Gasteiger partial charge is 0.321 e. The molecular weight excluding hydrogens is 276 g/mol. The highest BCUT2D eigenvalue weighted by molar-refractivity contribution is 7.15. The molecule has 1 aliphatic rings. The molecule has 0 radical (unpaired) electrons. The number of amides is 2. The van der Waals surface area contributed by atoms with E-state index in [9.17, 15) is 4.79 Å². The number of hydrogen-bond acceptors (Lipinski definition) is 5. The maximum absolute atomic E-state index is 11.6. The van der Waals surface area contributed by atoms with Crippen LogP contribution in [0.2, 0.25) is 0 Å². The molecule has 1 aromatic heterocycles. The van der Waals surface area contributed by atoms with Gasteiger partial charge in [0.1, 0.15) is 5.01 Å². The van der Waals surface area contributed by atoms with Crippen molar-refractivity contribution in [1.82, 2.24) is 15.5 Å². The Balaban J connectivity index is 1.57. The molecule has 2 heterocycles. The predicted molar refractivity (Wildman–Crippen MR) is 79.1 cm³/mol. The first-order chi connectivity index (χ1) is 9.78. The summed E-state index contributed by atoms with van der Waals surface area (Å²) in [6, 6.07) is -0.214. The molecule has 20 heavy (non-hydrogen) atoms. The molecule has 0 unspecified atom stereocenters. The van der Waals surface area contributed by atoms with Gasteiger partial charge in [-0.3, -0.25) is 5.32 Å². The molecule has 2 amide bonds. The quantitative estimate of drug-likeness (QED) is 0.791. The second kappa shape index (κ2) is 8.16. The molecule has 2 N–H and O–H groups in total. The minimum Gasteiger partial charge on any atom is -0.378 e. The van der Waals surface area contributed by atoms with Gasteiger partial charge in [-0.25, -0.2) is 4.79 Å². The Morgan fingerprint density at radius 3 is 3.05 bits per heavy atom. The fourth-order valence-corrected chi connectivity index (χ4v) is 2.83. The summed E-state index contributed by atoms with van der Waals surface area (Å²) in [5, 5.41) is 14.9. The van der Waals surface area contributed by atoms with Crippen LogP contribution in [0.1, 0.15) is 44.0 Å². The minimum absolute atomic E-state index is 0.214. The number of rotatable bonds is 6. The van der Waals surface area contributed by atoms with E-state index in [0.29, 0.717) is 17.8 Å². The van der Waals surface area contributed by atoms with Gasteiger partial charge in [-0.15, -0.1) is 10.2 Å². The summed E-state index contributed by atoms with van der Waals surface area (Å²) >= 11 is 1.41. The summed E-state index contributed by atoms with van der Waals surface area (Å²) in [6.07, 6.45) is 6.75. The number of anilines is 1. The monoisotopic (exact) mass is 298 g/mol. The fourth-order valence-electron chi connectivity index (χ4n) is 2.16. The summed E-state index contributed by atoms with van der Waals surface area (Å²) in [7, 11) is 0. The normalized spacial score (nSPS) is 18.8. The predicted octanol–water partition coefficient (Wildman–Crippen LogP) is 2.57. The molecule has 7 heteroatoms. The average molecular weight is 298 g/mol. The van der Waals surface area contributed by atoms with Gasteiger partial charge in [0.15, 0.2) is 0 Å². The Morgan fingerprint density at radius 2 is 2.35 bits per heavy atom. The summed E-state index contributed by atoms with van der Waals surface area (Å²) < 4.78 is 5.65. The Labute approximate surface area is 123 Å². The van der Waals surface area contributed by atoms with Gasteiger partial charge in [0.2, 0.25) is 5.13 Å². The van der Waals surface area contributed by atoms with Gasteiger partial charge in [0.05, 0.1) is 6.10 Å². The molecule has 1 aliphatic heterocycles. The number of nitrogens with zero attached hydrogens (tertiary/aromatic N) is 2. The van der Waals surface area contributed by atoms with Crippen molar-refractivity contribution in [2.75, 3.05) is 18.5 Å². The van der Waals surface area contributed by atoms with Crippen molar-refractivity contribution in [1.29, 1.82) is 0 Å². The van der Waals surface area contributed by atoms with Gasteiger partial charge in [0.25, 0.3) is 0 Å². The zero-order chi connectivity index (χ0) is 14.2. The van der Waals surface area contributed by atoms with Crippen LogP contribution in [0.3, 0.4) is 0 Å². The first-order valence-electron chi connectivity index (χ1n) is 7.26. The lowest BCUT2D eigenvalue weighted by Crippen LogP contribution is -2.30. The number of aromatic nitrogens is 2. The second-order valence-corrected chi connectivity index (χ2v) is 5.93. The van der Waals surface area contributed by atoms with Crippen LogP contribution in [-0.2, 0) is 11.2 Å². The van der Waals surface area contributed by atoms with Crippen LogP contribution in [0.25, 0.3) is 0 Å². The van der Waals surface area contributed by atoms with Gasteiger partial charge < -0.3 is 10.1 Å². The number of carbonyl (C=O) groups excluding carboxylic acids is 1. The number of ether oxygens (including phenoxy) is 1. The zero-order valence-corrected chi connectivity index (χ0v) is 12.7. The number of hydrogen-bond donors (Lipinski definition) is 2. The van der Waals surface area contributed by atoms with Crippen LogP contribution >= 0.6 is 11.3 Å². The molecule has 0 spiro atoms.